The number of halogens is 3. The number of hydrogen-bond acceptors (Lipinski definition) is 13. The van der Waals surface area contributed by atoms with Crippen LogP contribution >= 0.6 is 0 Å². The van der Waals surface area contributed by atoms with Crippen LogP contribution in [0.15, 0.2) is 147 Å². The van der Waals surface area contributed by atoms with Gasteiger partial charge in [-0.2, -0.15) is 13.2 Å². The number of phenolic OH excluding ortho intramolecular Hbond substituents is 1. The number of aliphatic carboxylic acids is 1. The number of carbonyl (C=O) groups is 5. The van der Waals surface area contributed by atoms with Crippen LogP contribution in [0.4, 0.5) is 13.2 Å². The summed E-state index contributed by atoms with van der Waals surface area (Å²) in [7, 11) is 0. The number of rotatable bonds is 22. The molecule has 0 bridgehead atoms. The van der Waals surface area contributed by atoms with Crippen LogP contribution in [0.2, 0.25) is 0 Å². The average Bonchev–Trinajstić information content (AvgIpc) is 3.29. The zero-order valence-electron chi connectivity index (χ0n) is 34.4. The first-order chi connectivity index (χ1) is 30.1. The number of ether oxygens (including phenoxy) is 7. The van der Waals surface area contributed by atoms with Crippen molar-refractivity contribution in [3.05, 3.63) is 170 Å². The maximum absolute atomic E-state index is 12.4. The van der Waals surface area contributed by atoms with Gasteiger partial charge >= 0.3 is 24.1 Å². The normalized spacial score (nSPS) is 10.4. The van der Waals surface area contributed by atoms with Gasteiger partial charge in [0.1, 0.15) is 31.3 Å². The molecule has 1 atom stereocenters. The molecule has 0 spiro atoms. The molecule has 346 valence electrons. The molecule has 0 saturated carbocycles. The second-order valence-electron chi connectivity index (χ2n) is 11.8. The summed E-state index contributed by atoms with van der Waals surface area (Å²) in [5, 5.41) is 16.2. The molecule has 64 heavy (non-hydrogen) atoms. The van der Waals surface area contributed by atoms with E-state index in [0.29, 0.717) is 61.0 Å². The molecule has 0 heterocycles. The molecule has 1 unspecified atom stereocenters. The lowest BCUT2D eigenvalue weighted by atomic mass is 10.0. The minimum Gasteiger partial charge on any atom is -0.508 e. The van der Waals surface area contributed by atoms with Gasteiger partial charge in [0.25, 0.3) is 0 Å². The zero-order valence-corrected chi connectivity index (χ0v) is 34.4. The van der Waals surface area contributed by atoms with Gasteiger partial charge in [-0.3, -0.25) is 9.59 Å². The number of esters is 2. The molecule has 14 nitrogen and oxygen atoms in total. The number of aromatic hydroxyl groups is 1. The number of alkyl halides is 3. The summed E-state index contributed by atoms with van der Waals surface area (Å²) in [5.41, 5.74) is 2.48. The van der Waals surface area contributed by atoms with Gasteiger partial charge in [-0.1, -0.05) is 87.8 Å². The quantitative estimate of drug-likeness (QED) is 0.0192. The number of phenols is 1. The van der Waals surface area contributed by atoms with E-state index >= 15 is 0 Å². The third kappa shape index (κ3) is 26.3. The number of hydrogen-bond donors (Lipinski definition) is 2. The van der Waals surface area contributed by atoms with Gasteiger partial charge in [-0.25, -0.2) is 14.4 Å². The summed E-state index contributed by atoms with van der Waals surface area (Å²) in [5.74, 6) is -2.96. The Morgan fingerprint density at radius 1 is 0.594 bits per heavy atom. The molecule has 0 fully saturated rings. The fourth-order valence-corrected chi connectivity index (χ4v) is 4.22. The van der Waals surface area contributed by atoms with Crippen LogP contribution in [0.5, 0.6) is 11.5 Å². The Hall–Kier alpha value is -7.08. The molecule has 0 aromatic heterocycles. The molecule has 0 aliphatic heterocycles. The molecule has 0 aliphatic rings. The molecule has 17 heteroatoms. The van der Waals surface area contributed by atoms with Crippen LogP contribution in [0.25, 0.3) is 0 Å². The molecule has 2 N–H and O–H groups in total. The smallest absolute Gasteiger partial charge is 0.490 e. The van der Waals surface area contributed by atoms with E-state index < -0.39 is 30.4 Å². The summed E-state index contributed by atoms with van der Waals surface area (Å²) in [6.45, 7) is 14.4. The topological polar surface area (TPSA) is 190 Å². The first kappa shape index (κ1) is 56.9. The van der Waals surface area contributed by atoms with E-state index in [0.717, 1.165) is 12.2 Å². The van der Waals surface area contributed by atoms with E-state index in [4.69, 9.17) is 43.4 Å². The fraction of sp³-hybridized carbons (Fsp3) is 0.255. The van der Waals surface area contributed by atoms with Crippen molar-refractivity contribution in [1.82, 2.24) is 0 Å². The fourth-order valence-electron chi connectivity index (χ4n) is 4.22. The van der Waals surface area contributed by atoms with Gasteiger partial charge in [0.05, 0.1) is 39.3 Å². The molecule has 4 aromatic carbocycles. The van der Waals surface area contributed by atoms with E-state index in [1.165, 1.54) is 18.4 Å². The summed E-state index contributed by atoms with van der Waals surface area (Å²) < 4.78 is 67.5. The third-order valence-corrected chi connectivity index (χ3v) is 7.18. The first-order valence-corrected chi connectivity index (χ1v) is 18.8. The second-order valence-corrected chi connectivity index (χ2v) is 11.8. The van der Waals surface area contributed by atoms with Gasteiger partial charge in [0.2, 0.25) is 0 Å². The second kappa shape index (κ2) is 33.5. The van der Waals surface area contributed by atoms with Gasteiger partial charge in [0, 0.05) is 34.4 Å². The van der Waals surface area contributed by atoms with E-state index in [1.54, 1.807) is 67.6 Å². The Bertz CT molecular complexity index is 1970. The van der Waals surface area contributed by atoms with Crippen LogP contribution in [-0.4, -0.2) is 105 Å². The van der Waals surface area contributed by atoms with Crippen LogP contribution in [0.1, 0.15) is 46.2 Å². The Kier molecular flexibility index (Phi) is 29.8. The van der Waals surface area contributed by atoms with Crippen LogP contribution in [0.3, 0.4) is 0 Å². The van der Waals surface area contributed by atoms with Crippen molar-refractivity contribution in [3.63, 3.8) is 0 Å². The van der Waals surface area contributed by atoms with Crippen molar-refractivity contribution in [2.45, 2.75) is 26.8 Å². The highest BCUT2D eigenvalue weighted by molar-refractivity contribution is 6.09. The number of carboxylic acids is 1. The van der Waals surface area contributed by atoms with E-state index in [9.17, 15) is 32.3 Å². The van der Waals surface area contributed by atoms with Crippen molar-refractivity contribution in [3.8, 4) is 11.5 Å². The highest BCUT2D eigenvalue weighted by Crippen LogP contribution is 2.18. The molecular weight excluding hydrogens is 845 g/mol. The number of carbonyl (C=O) groups excluding carboxylic acids is 4. The average molecular weight is 899 g/mol. The van der Waals surface area contributed by atoms with Crippen LogP contribution < -0.4 is 4.74 Å². The third-order valence-electron chi connectivity index (χ3n) is 7.18. The summed E-state index contributed by atoms with van der Waals surface area (Å²) in [6.07, 6.45) is -1.99. The molecule has 0 aliphatic carbocycles. The van der Waals surface area contributed by atoms with Gasteiger partial charge in [0.15, 0.2) is 17.9 Å². The van der Waals surface area contributed by atoms with E-state index in [1.807, 2.05) is 36.4 Å². The summed E-state index contributed by atoms with van der Waals surface area (Å²) in [4.78, 5) is 54.5. The lowest BCUT2D eigenvalue weighted by Crippen LogP contribution is -2.21. The number of carboxylic acid groups (broad SMARTS) is 1. The lowest BCUT2D eigenvalue weighted by Gasteiger charge is -2.15. The SMILES string of the molecule is C.C=CC(=O)OCCOCCOC(C)Oc1ccc(C(=O)c2ccccc2)cc1.C=COCCOCCOC(=O)C=C.O=C(O)C(F)(F)F.O=C(c1ccccc1)c1ccc(O)cc1. The largest absolute Gasteiger partial charge is 0.508 e. The van der Waals surface area contributed by atoms with E-state index in [2.05, 4.69) is 24.5 Å². The van der Waals surface area contributed by atoms with Crippen molar-refractivity contribution < 1.29 is 80.5 Å². The van der Waals surface area contributed by atoms with Crippen LogP contribution in [-0.2, 0) is 42.8 Å². The molecular formula is C47H53F3O14. The summed E-state index contributed by atoms with van der Waals surface area (Å²) >= 11 is 0. The van der Waals surface area contributed by atoms with Gasteiger partial charge in [-0.05, 0) is 55.5 Å². The predicted octanol–water partition coefficient (Wildman–Crippen LogP) is 8.19. The zero-order chi connectivity index (χ0) is 46.9. The van der Waals surface area contributed by atoms with Gasteiger partial charge < -0.3 is 43.4 Å². The first-order valence-electron chi connectivity index (χ1n) is 18.8. The van der Waals surface area contributed by atoms with Crippen molar-refractivity contribution in [1.29, 1.82) is 0 Å². The monoisotopic (exact) mass is 898 g/mol. The Labute approximate surface area is 370 Å². The molecule has 0 radical (unpaired) electrons. The molecule has 0 amide bonds. The van der Waals surface area contributed by atoms with Crippen molar-refractivity contribution in [2.24, 2.45) is 0 Å². The molecule has 4 aromatic rings. The van der Waals surface area contributed by atoms with E-state index in [-0.39, 0.29) is 44.6 Å². The maximum Gasteiger partial charge on any atom is 0.490 e. The minimum atomic E-state index is -5.08. The van der Waals surface area contributed by atoms with Gasteiger partial charge in [-0.15, -0.1) is 0 Å². The van der Waals surface area contributed by atoms with Crippen molar-refractivity contribution in [2.75, 3.05) is 52.9 Å². The van der Waals surface area contributed by atoms with Crippen molar-refractivity contribution >= 4 is 29.5 Å². The Balaban J connectivity index is 0.000000928. The molecule has 4 rings (SSSR count). The lowest BCUT2D eigenvalue weighted by molar-refractivity contribution is -0.192. The predicted molar refractivity (Wildman–Crippen MR) is 231 cm³/mol. The minimum absolute atomic E-state index is 0. The highest BCUT2D eigenvalue weighted by Gasteiger charge is 2.38. The Morgan fingerprint density at radius 3 is 1.36 bits per heavy atom. The number of ketones is 2. The number of benzene rings is 4. The molecule has 0 saturated heterocycles. The summed E-state index contributed by atoms with van der Waals surface area (Å²) in [6, 6.07) is 31.4. The maximum atomic E-state index is 12.4. The van der Waals surface area contributed by atoms with Crippen LogP contribution in [0, 0.1) is 0 Å². The standard InChI is InChI=1S/C22H24O6.C13H10O2.C9H14O4.C2HF3O2.CH4/c1-3-21(23)27-16-14-25-13-15-26-17(2)28-20-11-9-19(10-12-20)22(24)18-7-5-4-6-8-18;14-12-8-6-11(7-9-12)13(15)10-4-2-1-3-5-10;1-3-9(10)13-8-7-12-6-5-11-4-2;3-2(4,5)1(6)7;/h3-12,17H,1,13-16H2,2H3;1-9,14H;3-4H,1-2,5-8H2;(H,6,7);1H4. The highest BCUT2D eigenvalue weighted by atomic mass is 19.4. The Morgan fingerprint density at radius 2 is 0.969 bits per heavy atom.